The third-order valence-electron chi connectivity index (χ3n) is 5.49. The Bertz CT molecular complexity index is 1630. The van der Waals surface area contributed by atoms with Crippen molar-refractivity contribution in [3.8, 4) is 28.8 Å². The van der Waals surface area contributed by atoms with Crippen LogP contribution in [0.15, 0.2) is 47.5 Å². The molecule has 182 valence electrons. The van der Waals surface area contributed by atoms with Crippen molar-refractivity contribution >= 4 is 34.2 Å². The van der Waals surface area contributed by atoms with Crippen molar-refractivity contribution in [3.05, 3.63) is 63.7 Å². The molecule has 36 heavy (non-hydrogen) atoms. The molecule has 0 spiro atoms. The smallest absolute Gasteiger partial charge is 0.395 e. The van der Waals surface area contributed by atoms with Crippen LogP contribution in [-0.4, -0.2) is 38.5 Å². The fraction of sp³-hybridized carbons (Fsp3) is 0.174. The van der Waals surface area contributed by atoms with E-state index in [1.165, 1.54) is 41.6 Å². The van der Waals surface area contributed by atoms with Crippen LogP contribution < -0.4 is 19.9 Å². The number of anilines is 1. The third-order valence-corrected chi connectivity index (χ3v) is 5.82. The summed E-state index contributed by atoms with van der Waals surface area (Å²) in [5.41, 5.74) is 1.02. The lowest BCUT2D eigenvalue weighted by Gasteiger charge is -2.21. The van der Waals surface area contributed by atoms with Crippen molar-refractivity contribution in [2.45, 2.75) is 19.8 Å². The van der Waals surface area contributed by atoms with Gasteiger partial charge in [0, 0.05) is 23.9 Å². The van der Waals surface area contributed by atoms with E-state index >= 15 is 0 Å². The number of nitrogens with zero attached hydrogens (tertiary/aromatic N) is 5. The topological polar surface area (TPSA) is 126 Å². The Balaban J connectivity index is 1.51. The fourth-order valence-corrected chi connectivity index (χ4v) is 4.02. The first kappa shape index (κ1) is 23.3. The average Bonchev–Trinajstić information content (AvgIpc) is 3.45. The van der Waals surface area contributed by atoms with Gasteiger partial charge < -0.3 is 19.4 Å². The number of carbonyl (C=O) groups is 1. The number of benzene rings is 2. The predicted octanol–water partition coefficient (Wildman–Crippen LogP) is 3.69. The second-order valence-electron chi connectivity index (χ2n) is 7.68. The van der Waals surface area contributed by atoms with Crippen LogP contribution in [0.3, 0.4) is 0 Å². The molecule has 0 atom stereocenters. The first-order valence-electron chi connectivity index (χ1n) is 10.5. The molecule has 5 rings (SSSR count). The molecule has 0 fully saturated rings. The SMILES string of the molecule is CCN(C(=O)Cn1nc(-c2ccc(Cl)c(C#N)c2)c2[nH]cnc2c1=O)c1ccc2c(c1)OC(F)(F)O2. The largest absolute Gasteiger partial charge is 0.586 e. The van der Waals surface area contributed by atoms with E-state index in [9.17, 15) is 23.6 Å². The number of H-pyrrole nitrogens is 1. The molecule has 3 heterocycles. The van der Waals surface area contributed by atoms with Crippen LogP contribution in [0.5, 0.6) is 11.5 Å². The molecule has 0 unspecified atom stereocenters. The Morgan fingerprint density at radius 2 is 2.03 bits per heavy atom. The second-order valence-corrected chi connectivity index (χ2v) is 8.09. The van der Waals surface area contributed by atoms with E-state index in [0.29, 0.717) is 11.1 Å². The minimum atomic E-state index is -3.79. The third kappa shape index (κ3) is 3.99. The van der Waals surface area contributed by atoms with Crippen LogP contribution in [0.25, 0.3) is 22.3 Å². The number of hydrogen-bond acceptors (Lipinski definition) is 7. The Labute approximate surface area is 206 Å². The fourth-order valence-electron chi connectivity index (χ4n) is 3.86. The quantitative estimate of drug-likeness (QED) is 0.432. The molecular weight excluding hydrogens is 498 g/mol. The van der Waals surface area contributed by atoms with Crippen LogP contribution >= 0.6 is 11.6 Å². The van der Waals surface area contributed by atoms with Gasteiger partial charge in [0.15, 0.2) is 17.0 Å². The number of alkyl halides is 2. The summed E-state index contributed by atoms with van der Waals surface area (Å²) >= 11 is 6.04. The summed E-state index contributed by atoms with van der Waals surface area (Å²) in [6.07, 6.45) is -2.47. The summed E-state index contributed by atoms with van der Waals surface area (Å²) in [4.78, 5) is 34.4. The highest BCUT2D eigenvalue weighted by atomic mass is 35.5. The van der Waals surface area contributed by atoms with E-state index in [4.69, 9.17) is 11.6 Å². The Morgan fingerprint density at radius 1 is 1.25 bits per heavy atom. The zero-order chi connectivity index (χ0) is 25.6. The van der Waals surface area contributed by atoms with Gasteiger partial charge in [0.2, 0.25) is 5.91 Å². The first-order chi connectivity index (χ1) is 17.2. The van der Waals surface area contributed by atoms with Gasteiger partial charge in [-0.25, -0.2) is 9.67 Å². The van der Waals surface area contributed by atoms with E-state index < -0.39 is 24.3 Å². The van der Waals surface area contributed by atoms with Gasteiger partial charge in [0.1, 0.15) is 18.3 Å². The van der Waals surface area contributed by atoms with Crippen LogP contribution in [0, 0.1) is 11.3 Å². The molecule has 0 aliphatic carbocycles. The minimum absolute atomic E-state index is 0.0506. The summed E-state index contributed by atoms with van der Waals surface area (Å²) in [6.45, 7) is 1.39. The lowest BCUT2D eigenvalue weighted by atomic mass is 10.1. The minimum Gasteiger partial charge on any atom is -0.395 e. The molecule has 1 aliphatic heterocycles. The van der Waals surface area contributed by atoms with E-state index in [1.807, 2.05) is 6.07 Å². The zero-order valence-corrected chi connectivity index (χ0v) is 19.2. The number of carbonyl (C=O) groups excluding carboxylic acids is 1. The van der Waals surface area contributed by atoms with Crippen LogP contribution in [-0.2, 0) is 11.3 Å². The van der Waals surface area contributed by atoms with Gasteiger partial charge in [0.05, 0.1) is 22.4 Å². The molecule has 1 N–H and O–H groups in total. The second kappa shape index (κ2) is 8.62. The molecule has 2 aromatic heterocycles. The van der Waals surface area contributed by atoms with Gasteiger partial charge in [0.25, 0.3) is 5.56 Å². The van der Waals surface area contributed by atoms with Gasteiger partial charge in [-0.2, -0.15) is 10.4 Å². The number of fused-ring (bicyclic) bond motifs is 2. The Hall–Kier alpha value is -4.50. The number of nitrogens with one attached hydrogen (secondary N) is 1. The number of amides is 1. The lowest BCUT2D eigenvalue weighted by molar-refractivity contribution is -0.286. The van der Waals surface area contributed by atoms with E-state index in [0.717, 1.165) is 4.68 Å². The standard InChI is InChI=1S/C23H15ClF2N6O4/c1-2-31(14-4-6-16-17(8-14)36-23(25,26)35-16)18(33)10-32-22(34)21-20(28-11-29-21)19(30-32)12-3-5-15(24)13(7-12)9-27/h3-8,11H,2,10H2,1H3,(H,28,29). The van der Waals surface area contributed by atoms with Crippen LogP contribution in [0.1, 0.15) is 12.5 Å². The molecule has 2 aromatic carbocycles. The molecule has 4 aromatic rings. The van der Waals surface area contributed by atoms with Crippen LogP contribution in [0.2, 0.25) is 5.02 Å². The molecule has 0 bridgehead atoms. The van der Waals surface area contributed by atoms with Crippen LogP contribution in [0.4, 0.5) is 14.5 Å². The number of imidazole rings is 1. The maximum absolute atomic E-state index is 13.4. The van der Waals surface area contributed by atoms with E-state index in [1.54, 1.807) is 13.0 Å². The summed E-state index contributed by atoms with van der Waals surface area (Å²) < 4.78 is 36.6. The zero-order valence-electron chi connectivity index (χ0n) is 18.5. The summed E-state index contributed by atoms with van der Waals surface area (Å²) in [7, 11) is 0. The lowest BCUT2D eigenvalue weighted by Crippen LogP contribution is -2.37. The van der Waals surface area contributed by atoms with Crippen molar-refractivity contribution in [3.63, 3.8) is 0 Å². The number of nitriles is 1. The molecule has 0 saturated heterocycles. The normalized spacial score (nSPS) is 13.5. The molecule has 0 saturated carbocycles. The van der Waals surface area contributed by atoms with Crippen molar-refractivity contribution in [1.29, 1.82) is 5.26 Å². The maximum Gasteiger partial charge on any atom is 0.586 e. The number of halogens is 3. The highest BCUT2D eigenvalue weighted by Gasteiger charge is 2.43. The Morgan fingerprint density at radius 3 is 2.78 bits per heavy atom. The number of likely N-dealkylation sites (N-methyl/N-ethyl adjacent to an activating group) is 1. The highest BCUT2D eigenvalue weighted by Crippen LogP contribution is 2.42. The van der Waals surface area contributed by atoms with Crippen molar-refractivity contribution < 1.29 is 23.0 Å². The van der Waals surface area contributed by atoms with E-state index in [2.05, 4.69) is 24.5 Å². The summed E-state index contributed by atoms with van der Waals surface area (Å²) in [6, 6.07) is 10.6. The number of aromatic amines is 1. The molecule has 1 aliphatic rings. The summed E-state index contributed by atoms with van der Waals surface area (Å²) in [5.74, 6) is -0.902. The number of aromatic nitrogens is 4. The van der Waals surface area contributed by atoms with Gasteiger partial charge in [-0.1, -0.05) is 17.7 Å². The molecule has 0 radical (unpaired) electrons. The van der Waals surface area contributed by atoms with Crippen molar-refractivity contribution in [1.82, 2.24) is 19.7 Å². The average molecular weight is 513 g/mol. The van der Waals surface area contributed by atoms with Gasteiger partial charge in [-0.05, 0) is 31.2 Å². The Kier molecular flexibility index (Phi) is 5.57. The number of hydrogen-bond donors (Lipinski definition) is 1. The van der Waals surface area contributed by atoms with Gasteiger partial charge in [-0.15, -0.1) is 8.78 Å². The predicted molar refractivity (Wildman–Crippen MR) is 124 cm³/mol. The molecule has 1 amide bonds. The van der Waals surface area contributed by atoms with Gasteiger partial charge >= 0.3 is 6.29 Å². The van der Waals surface area contributed by atoms with Gasteiger partial charge in [-0.3, -0.25) is 9.59 Å². The van der Waals surface area contributed by atoms with Crippen molar-refractivity contribution in [2.75, 3.05) is 11.4 Å². The molecule has 10 nitrogen and oxygen atoms in total. The number of ether oxygens (including phenoxy) is 2. The maximum atomic E-state index is 13.4. The molecular formula is C23H15ClF2N6O4. The highest BCUT2D eigenvalue weighted by molar-refractivity contribution is 6.31. The number of rotatable bonds is 5. The monoisotopic (exact) mass is 512 g/mol. The van der Waals surface area contributed by atoms with E-state index in [-0.39, 0.29) is 45.5 Å². The van der Waals surface area contributed by atoms with Crippen molar-refractivity contribution in [2.24, 2.45) is 0 Å². The molecule has 13 heteroatoms. The first-order valence-corrected chi connectivity index (χ1v) is 10.9. The summed E-state index contributed by atoms with van der Waals surface area (Å²) in [5, 5.41) is 13.9.